The van der Waals surface area contributed by atoms with Gasteiger partial charge in [-0.2, -0.15) is 0 Å². The molecule has 0 spiro atoms. The van der Waals surface area contributed by atoms with E-state index in [0.29, 0.717) is 50.9 Å². The first-order valence-electron chi connectivity index (χ1n) is 9.57. The highest BCUT2D eigenvalue weighted by Crippen LogP contribution is 2.26. The van der Waals surface area contributed by atoms with Gasteiger partial charge in [0.1, 0.15) is 5.82 Å². The molecule has 2 radical (unpaired) electrons. The van der Waals surface area contributed by atoms with Crippen LogP contribution in [0.2, 0.25) is 0 Å². The van der Waals surface area contributed by atoms with Gasteiger partial charge < -0.3 is 30.4 Å². The second kappa shape index (κ2) is 8.62. The highest BCUT2D eigenvalue weighted by atomic mass is 16.5. The van der Waals surface area contributed by atoms with E-state index in [1.807, 2.05) is 11.0 Å². The summed E-state index contributed by atoms with van der Waals surface area (Å²) in [6.45, 7) is 5.63. The third kappa shape index (κ3) is 4.41. The number of morpholine rings is 1. The molecule has 2 aromatic rings. The average molecular weight is 394 g/mol. The smallest absolute Gasteiger partial charge is 0.278 e. The summed E-state index contributed by atoms with van der Waals surface area (Å²) in [4.78, 5) is 31.7. The second-order valence-corrected chi connectivity index (χ2v) is 6.93. The molecule has 3 N–H and O–H groups in total. The number of aromatic nitrogens is 3. The molecule has 2 aliphatic rings. The molecule has 0 saturated carbocycles. The molecule has 11 heteroatoms. The van der Waals surface area contributed by atoms with Crippen molar-refractivity contribution in [1.82, 2.24) is 19.8 Å². The summed E-state index contributed by atoms with van der Waals surface area (Å²) >= 11 is 0. The Labute approximate surface area is 170 Å². The molecule has 4 heterocycles. The van der Waals surface area contributed by atoms with Gasteiger partial charge >= 0.3 is 0 Å². The second-order valence-electron chi connectivity index (χ2n) is 6.93. The predicted octanol–water partition coefficient (Wildman–Crippen LogP) is -0.252. The number of carbonyl (C=O) groups excluding carboxylic acids is 1. The van der Waals surface area contributed by atoms with Crippen molar-refractivity contribution < 1.29 is 9.53 Å². The van der Waals surface area contributed by atoms with Crippen LogP contribution in [0, 0.1) is 0 Å². The van der Waals surface area contributed by atoms with Gasteiger partial charge in [0.25, 0.3) is 5.91 Å². The number of ether oxygens (including phenoxy) is 1. The summed E-state index contributed by atoms with van der Waals surface area (Å²) in [6, 6.07) is 1.87. The lowest BCUT2D eigenvalue weighted by Gasteiger charge is -2.33. The number of nitrogens with one attached hydrogen (secondary N) is 1. The van der Waals surface area contributed by atoms with E-state index >= 15 is 0 Å². The van der Waals surface area contributed by atoms with E-state index in [0.717, 1.165) is 18.8 Å². The Morgan fingerprint density at radius 3 is 2.62 bits per heavy atom. The molecule has 4 rings (SSSR count). The van der Waals surface area contributed by atoms with Crippen LogP contribution in [0.25, 0.3) is 0 Å². The number of anilines is 4. The van der Waals surface area contributed by atoms with Crippen molar-refractivity contribution in [2.24, 2.45) is 0 Å². The number of nitrogens with two attached hydrogens (primary N) is 1. The van der Waals surface area contributed by atoms with Crippen LogP contribution in [0.15, 0.2) is 24.7 Å². The van der Waals surface area contributed by atoms with Crippen LogP contribution in [0.5, 0.6) is 0 Å². The number of nitrogens with zero attached hydrogens (tertiary/aromatic N) is 6. The Morgan fingerprint density at radius 1 is 1.10 bits per heavy atom. The van der Waals surface area contributed by atoms with E-state index < -0.39 is 5.91 Å². The van der Waals surface area contributed by atoms with E-state index in [1.165, 1.54) is 0 Å². The molecule has 2 saturated heterocycles. The summed E-state index contributed by atoms with van der Waals surface area (Å²) in [6.07, 6.45) is 4.91. The van der Waals surface area contributed by atoms with Crippen LogP contribution < -0.4 is 20.9 Å². The fourth-order valence-electron chi connectivity index (χ4n) is 3.40. The van der Waals surface area contributed by atoms with Crippen molar-refractivity contribution in [3.05, 3.63) is 30.4 Å². The Hall–Kier alpha value is -2.92. The zero-order valence-corrected chi connectivity index (χ0v) is 16.1. The molecule has 0 aliphatic carbocycles. The average Bonchev–Trinajstić information content (AvgIpc) is 2.76. The van der Waals surface area contributed by atoms with Crippen molar-refractivity contribution in [1.29, 1.82) is 0 Å². The van der Waals surface area contributed by atoms with Gasteiger partial charge in [-0.15, -0.1) is 0 Å². The molecule has 10 nitrogen and oxygen atoms in total. The van der Waals surface area contributed by atoms with E-state index in [2.05, 4.69) is 25.2 Å². The number of pyridine rings is 1. The van der Waals surface area contributed by atoms with Gasteiger partial charge in [0.15, 0.2) is 19.5 Å². The monoisotopic (exact) mass is 394 g/mol. The fraction of sp³-hybridized carbons (Fsp3) is 0.444. The minimum Gasteiger partial charge on any atom is -0.382 e. The van der Waals surface area contributed by atoms with Crippen molar-refractivity contribution in [2.45, 2.75) is 0 Å². The van der Waals surface area contributed by atoms with Crippen LogP contribution in [0.3, 0.4) is 0 Å². The summed E-state index contributed by atoms with van der Waals surface area (Å²) in [5.74, 6) is 0.273. The lowest BCUT2D eigenvalue weighted by Crippen LogP contribution is -2.45. The van der Waals surface area contributed by atoms with Crippen LogP contribution in [0.4, 0.5) is 23.0 Å². The summed E-state index contributed by atoms with van der Waals surface area (Å²) in [5.41, 5.74) is 7.53. The quantitative estimate of drug-likeness (QED) is 0.678. The maximum Gasteiger partial charge on any atom is 0.278 e. The SMILES string of the molecule is [B]N1CCN(c2cnc(N)c(C(=O)Nc3cnccc3N3CCOCC3)n2)CC1. The number of piperazine rings is 1. The molecule has 2 aliphatic heterocycles. The van der Waals surface area contributed by atoms with Gasteiger partial charge in [-0.1, -0.05) is 0 Å². The summed E-state index contributed by atoms with van der Waals surface area (Å²) in [7, 11) is 5.81. The third-order valence-corrected chi connectivity index (χ3v) is 5.04. The molecule has 2 fully saturated rings. The molecule has 2 aromatic heterocycles. The van der Waals surface area contributed by atoms with Gasteiger partial charge in [-0.05, 0) is 6.07 Å². The number of carbonyl (C=O) groups is 1. The van der Waals surface area contributed by atoms with Gasteiger partial charge in [0, 0.05) is 45.5 Å². The molecule has 0 unspecified atom stereocenters. The molecule has 0 aromatic carbocycles. The topological polar surface area (TPSA) is 113 Å². The number of nitrogen functional groups attached to an aromatic ring is 1. The maximum atomic E-state index is 12.9. The lowest BCUT2D eigenvalue weighted by atomic mass is 10.2. The molecule has 150 valence electrons. The van der Waals surface area contributed by atoms with Gasteiger partial charge in [0.2, 0.25) is 0 Å². The Morgan fingerprint density at radius 2 is 1.86 bits per heavy atom. The Bertz CT molecular complexity index is 869. The first-order valence-corrected chi connectivity index (χ1v) is 9.57. The number of hydrogen-bond acceptors (Lipinski definition) is 9. The lowest BCUT2D eigenvalue weighted by molar-refractivity contribution is 0.102. The highest BCUT2D eigenvalue weighted by Gasteiger charge is 2.21. The largest absolute Gasteiger partial charge is 0.382 e. The summed E-state index contributed by atoms with van der Waals surface area (Å²) < 4.78 is 5.41. The fourth-order valence-corrected chi connectivity index (χ4v) is 3.40. The number of rotatable bonds is 4. The zero-order chi connectivity index (χ0) is 20.2. The summed E-state index contributed by atoms with van der Waals surface area (Å²) in [5, 5.41) is 2.89. The minimum atomic E-state index is -0.420. The first kappa shape index (κ1) is 19.4. The number of hydrogen-bond donors (Lipinski definition) is 2. The van der Waals surface area contributed by atoms with E-state index in [4.69, 9.17) is 18.5 Å². The molecule has 1 amide bonds. The third-order valence-electron chi connectivity index (χ3n) is 5.04. The molecular weight excluding hydrogens is 371 g/mol. The molecule has 0 atom stereocenters. The van der Waals surface area contributed by atoms with Crippen molar-refractivity contribution in [3.63, 3.8) is 0 Å². The predicted molar refractivity (Wildman–Crippen MR) is 111 cm³/mol. The molecule has 29 heavy (non-hydrogen) atoms. The first-order chi connectivity index (χ1) is 14.1. The van der Waals surface area contributed by atoms with Crippen LogP contribution in [-0.2, 0) is 4.74 Å². The standard InChI is InChI=1S/C18H23BN8O2/c19-27-5-3-26(4-6-27)15-12-22-17(20)16(24-15)18(28)23-13-11-21-2-1-14(13)25-7-9-29-10-8-25/h1-2,11-12H,3-10H2,(H2,20,22)(H,23,28). The van der Waals surface area contributed by atoms with Gasteiger partial charge in [-0.25, -0.2) is 9.97 Å². The van der Waals surface area contributed by atoms with Gasteiger partial charge in [0.05, 0.1) is 37.0 Å². The van der Waals surface area contributed by atoms with Crippen LogP contribution >= 0.6 is 0 Å². The van der Waals surface area contributed by atoms with Gasteiger partial charge in [-0.3, -0.25) is 9.78 Å². The van der Waals surface area contributed by atoms with E-state index in [1.54, 1.807) is 23.4 Å². The highest BCUT2D eigenvalue weighted by molar-refractivity contribution is 6.07. The van der Waals surface area contributed by atoms with Crippen molar-refractivity contribution in [3.8, 4) is 0 Å². The van der Waals surface area contributed by atoms with Crippen LogP contribution in [-0.4, -0.2) is 86.1 Å². The van der Waals surface area contributed by atoms with Crippen molar-refractivity contribution in [2.75, 3.05) is 73.3 Å². The maximum absolute atomic E-state index is 12.9. The molecular formula is C18H23BN8O2. The molecule has 0 bridgehead atoms. The Balaban J connectivity index is 1.54. The Kier molecular flexibility index (Phi) is 5.77. The van der Waals surface area contributed by atoms with Crippen molar-refractivity contribution >= 4 is 36.9 Å². The minimum absolute atomic E-state index is 0.0838. The van der Waals surface area contributed by atoms with E-state index in [-0.39, 0.29) is 11.5 Å². The zero-order valence-electron chi connectivity index (χ0n) is 16.1. The van der Waals surface area contributed by atoms with E-state index in [9.17, 15) is 4.79 Å². The van der Waals surface area contributed by atoms with Crippen LogP contribution in [0.1, 0.15) is 10.5 Å². The normalized spacial score (nSPS) is 17.9. The number of amides is 1.